The van der Waals surface area contributed by atoms with E-state index in [1.54, 1.807) is 36.4 Å². The Morgan fingerprint density at radius 2 is 1.64 bits per heavy atom. The van der Waals surface area contributed by atoms with Crippen LogP contribution in [0.1, 0.15) is 11.1 Å². The molecule has 4 rings (SSSR count). The summed E-state index contributed by atoms with van der Waals surface area (Å²) in [5, 5.41) is 3.24. The summed E-state index contributed by atoms with van der Waals surface area (Å²) in [6.45, 7) is 0.316. The summed E-state index contributed by atoms with van der Waals surface area (Å²) in [4.78, 5) is 38.6. The number of hydrogen-bond acceptors (Lipinski definition) is 4. The molecule has 1 N–H and O–H groups in total. The van der Waals surface area contributed by atoms with Gasteiger partial charge >= 0.3 is 6.03 Å². The summed E-state index contributed by atoms with van der Waals surface area (Å²) >= 11 is 17.8. The van der Waals surface area contributed by atoms with Crippen molar-refractivity contribution >= 4 is 64.4 Å². The minimum Gasteiger partial charge on any atom is -0.489 e. The molecule has 6 nitrogen and oxygen atoms in total. The molecule has 3 aromatic carbocycles. The zero-order valence-electron chi connectivity index (χ0n) is 16.8. The van der Waals surface area contributed by atoms with Crippen molar-refractivity contribution in [2.45, 2.75) is 6.61 Å². The number of nitrogens with one attached hydrogen (secondary N) is 1. The van der Waals surface area contributed by atoms with Crippen molar-refractivity contribution in [3.05, 3.63) is 98.5 Å². The molecule has 0 unspecified atom stereocenters. The molecule has 1 aliphatic rings. The van der Waals surface area contributed by atoms with Gasteiger partial charge in [-0.1, -0.05) is 59.1 Å². The Labute approximate surface area is 204 Å². The molecular weight excluding hydrogens is 487 g/mol. The summed E-state index contributed by atoms with van der Waals surface area (Å²) in [5.74, 6) is -1.04. The third-order valence-corrected chi connectivity index (χ3v) is 5.74. The molecule has 0 aromatic heterocycles. The molecule has 0 radical (unpaired) electrons. The van der Waals surface area contributed by atoms with Gasteiger partial charge in [0.25, 0.3) is 11.8 Å². The van der Waals surface area contributed by atoms with Gasteiger partial charge in [-0.25, -0.2) is 9.69 Å². The summed E-state index contributed by atoms with van der Waals surface area (Å²) < 4.78 is 5.80. The van der Waals surface area contributed by atoms with Crippen LogP contribution < -0.4 is 15.0 Å². The van der Waals surface area contributed by atoms with Gasteiger partial charge in [0.15, 0.2) is 0 Å². The highest BCUT2D eigenvalue weighted by atomic mass is 35.5. The third kappa shape index (κ3) is 5.20. The van der Waals surface area contributed by atoms with Gasteiger partial charge in [0.1, 0.15) is 17.9 Å². The highest BCUT2D eigenvalue weighted by Crippen LogP contribution is 2.29. The zero-order valence-corrected chi connectivity index (χ0v) is 19.1. The molecule has 1 saturated heterocycles. The number of imide groups is 2. The minimum atomic E-state index is -0.874. The lowest BCUT2D eigenvalue weighted by molar-refractivity contribution is -0.122. The van der Waals surface area contributed by atoms with Crippen LogP contribution in [0.15, 0.2) is 72.3 Å². The Balaban J connectivity index is 1.58. The first-order valence-corrected chi connectivity index (χ1v) is 10.8. The van der Waals surface area contributed by atoms with Crippen LogP contribution >= 0.6 is 34.8 Å². The van der Waals surface area contributed by atoms with E-state index in [1.807, 2.05) is 12.1 Å². The maximum Gasteiger partial charge on any atom is 0.335 e. The normalized spacial score (nSPS) is 15.1. The van der Waals surface area contributed by atoms with Crippen molar-refractivity contribution in [1.82, 2.24) is 5.32 Å². The molecule has 0 aliphatic carbocycles. The van der Waals surface area contributed by atoms with Crippen molar-refractivity contribution < 1.29 is 19.1 Å². The minimum absolute atomic E-state index is 0.169. The fraction of sp³-hybridized carbons (Fsp3) is 0.0417. The van der Waals surface area contributed by atoms with Gasteiger partial charge in [0.2, 0.25) is 0 Å². The first-order valence-electron chi connectivity index (χ1n) is 9.65. The Bertz CT molecular complexity index is 1290. The van der Waals surface area contributed by atoms with Gasteiger partial charge in [-0.05, 0) is 59.7 Å². The molecule has 33 heavy (non-hydrogen) atoms. The number of nitrogens with zero attached hydrogens (tertiary/aromatic N) is 1. The predicted molar refractivity (Wildman–Crippen MR) is 128 cm³/mol. The molecule has 1 aliphatic heterocycles. The number of urea groups is 1. The number of anilines is 1. The molecule has 0 saturated carbocycles. The molecule has 4 amide bonds. The number of carbonyl (C=O) groups excluding carboxylic acids is 3. The van der Waals surface area contributed by atoms with Gasteiger partial charge in [-0.2, -0.15) is 0 Å². The number of amides is 4. The molecular formula is C24H15Cl3N2O4. The Morgan fingerprint density at radius 1 is 0.879 bits per heavy atom. The van der Waals surface area contributed by atoms with Gasteiger partial charge in [-0.3, -0.25) is 14.9 Å². The van der Waals surface area contributed by atoms with Crippen LogP contribution in [-0.2, 0) is 16.2 Å². The lowest BCUT2D eigenvalue weighted by Gasteiger charge is -2.26. The van der Waals surface area contributed by atoms with E-state index in [0.29, 0.717) is 22.9 Å². The Kier molecular flexibility index (Phi) is 6.70. The molecule has 0 atom stereocenters. The van der Waals surface area contributed by atoms with Crippen molar-refractivity contribution in [3.63, 3.8) is 0 Å². The zero-order chi connectivity index (χ0) is 23.5. The second kappa shape index (κ2) is 9.67. The standard InChI is InChI=1S/C24H15Cl3N2O4/c25-16-6-4-14(5-7-16)13-33-18-3-1-2-15(10-18)11-19-22(30)28-24(32)29(23(19)31)17-8-9-20(26)21(27)12-17/h1-12H,13H2,(H,28,30,32)/b19-11-. The number of rotatable bonds is 5. The number of carbonyl (C=O) groups is 3. The molecule has 0 bridgehead atoms. The van der Waals surface area contributed by atoms with Crippen molar-refractivity contribution in [3.8, 4) is 5.75 Å². The quantitative estimate of drug-likeness (QED) is 0.349. The van der Waals surface area contributed by atoms with E-state index in [2.05, 4.69) is 5.32 Å². The van der Waals surface area contributed by atoms with Crippen LogP contribution in [0.5, 0.6) is 5.75 Å². The maximum atomic E-state index is 13.0. The van der Waals surface area contributed by atoms with Gasteiger partial charge in [0.05, 0.1) is 15.7 Å². The number of ether oxygens (including phenoxy) is 1. The lowest BCUT2D eigenvalue weighted by Crippen LogP contribution is -2.54. The predicted octanol–water partition coefficient (Wildman–Crippen LogP) is 5.89. The highest BCUT2D eigenvalue weighted by molar-refractivity contribution is 6.43. The Hall–Kier alpha value is -3.32. The summed E-state index contributed by atoms with van der Waals surface area (Å²) in [6, 6.07) is 17.6. The summed E-state index contributed by atoms with van der Waals surface area (Å²) in [7, 11) is 0. The highest BCUT2D eigenvalue weighted by Gasteiger charge is 2.37. The number of benzene rings is 3. The summed E-state index contributed by atoms with van der Waals surface area (Å²) in [6.07, 6.45) is 1.39. The van der Waals surface area contributed by atoms with Crippen molar-refractivity contribution in [2.75, 3.05) is 4.90 Å². The Morgan fingerprint density at radius 3 is 2.36 bits per heavy atom. The maximum absolute atomic E-state index is 13.0. The first-order chi connectivity index (χ1) is 15.8. The topological polar surface area (TPSA) is 75.7 Å². The van der Waals surface area contributed by atoms with E-state index in [-0.39, 0.29) is 21.3 Å². The van der Waals surface area contributed by atoms with E-state index in [9.17, 15) is 14.4 Å². The van der Waals surface area contributed by atoms with E-state index in [0.717, 1.165) is 10.5 Å². The van der Waals surface area contributed by atoms with E-state index in [1.165, 1.54) is 24.3 Å². The number of hydrogen-bond donors (Lipinski definition) is 1. The fourth-order valence-electron chi connectivity index (χ4n) is 3.12. The number of barbiturate groups is 1. The van der Waals surface area contributed by atoms with Gasteiger partial charge in [0, 0.05) is 5.02 Å². The largest absolute Gasteiger partial charge is 0.489 e. The average Bonchev–Trinajstić information content (AvgIpc) is 2.79. The van der Waals surface area contributed by atoms with E-state index >= 15 is 0 Å². The molecule has 3 aromatic rings. The van der Waals surface area contributed by atoms with E-state index in [4.69, 9.17) is 39.5 Å². The average molecular weight is 502 g/mol. The van der Waals surface area contributed by atoms with Crippen LogP contribution in [-0.4, -0.2) is 17.8 Å². The van der Waals surface area contributed by atoms with Crippen molar-refractivity contribution in [2.24, 2.45) is 0 Å². The molecule has 0 spiro atoms. The van der Waals surface area contributed by atoms with Crippen LogP contribution in [0.25, 0.3) is 6.08 Å². The monoisotopic (exact) mass is 500 g/mol. The second-order valence-corrected chi connectivity index (χ2v) is 8.29. The van der Waals surface area contributed by atoms with Crippen LogP contribution in [0.3, 0.4) is 0 Å². The van der Waals surface area contributed by atoms with Gasteiger partial charge in [-0.15, -0.1) is 0 Å². The smallest absolute Gasteiger partial charge is 0.335 e. The fourth-order valence-corrected chi connectivity index (χ4v) is 3.54. The van der Waals surface area contributed by atoms with Crippen LogP contribution in [0, 0.1) is 0 Å². The van der Waals surface area contributed by atoms with Crippen LogP contribution in [0.4, 0.5) is 10.5 Å². The molecule has 1 heterocycles. The third-order valence-electron chi connectivity index (χ3n) is 4.75. The van der Waals surface area contributed by atoms with Crippen molar-refractivity contribution in [1.29, 1.82) is 0 Å². The molecule has 166 valence electrons. The van der Waals surface area contributed by atoms with Gasteiger partial charge < -0.3 is 4.74 Å². The molecule has 9 heteroatoms. The van der Waals surface area contributed by atoms with Crippen LogP contribution in [0.2, 0.25) is 15.1 Å². The first kappa shape index (κ1) is 22.9. The second-order valence-electron chi connectivity index (χ2n) is 7.04. The lowest BCUT2D eigenvalue weighted by atomic mass is 10.1. The number of halogens is 3. The SMILES string of the molecule is O=C1NC(=O)N(c2ccc(Cl)c(Cl)c2)C(=O)/C1=C\c1cccc(OCc2ccc(Cl)cc2)c1. The van der Waals surface area contributed by atoms with E-state index < -0.39 is 17.8 Å². The summed E-state index contributed by atoms with van der Waals surface area (Å²) in [5.41, 5.74) is 1.45. The molecule has 1 fully saturated rings.